The molecule has 0 aromatic heterocycles. The maximum atomic E-state index is 4.86. The molecule has 0 amide bonds. The molecule has 0 heterocycles. The van der Waals surface area contributed by atoms with E-state index in [1.54, 1.807) is 0 Å². The summed E-state index contributed by atoms with van der Waals surface area (Å²) >= 11 is -0.389. The fourth-order valence-corrected chi connectivity index (χ4v) is 0. The molecular formula is H3AuCl4Na. The first kappa shape index (κ1) is 23.1. The minimum atomic E-state index is -0.389. The van der Waals surface area contributed by atoms with Crippen molar-refractivity contribution in [2.75, 3.05) is 0 Å². The SMILES string of the molecule is Cl.Cl.[Cl][Au][Cl].[NaH]. The number of hydrogen-bond donors (Lipinski definition) is 0. The normalized spacial score (nSPS) is 3.67. The monoisotopic (exact) mass is 363 g/mol. The van der Waals surface area contributed by atoms with Crippen LogP contribution in [0.25, 0.3) is 0 Å². The van der Waals surface area contributed by atoms with Crippen molar-refractivity contribution in [3.63, 3.8) is 0 Å². The molecule has 0 saturated carbocycles. The van der Waals surface area contributed by atoms with Gasteiger partial charge in [0.1, 0.15) is 0 Å². The van der Waals surface area contributed by atoms with Gasteiger partial charge >= 0.3 is 65.5 Å². The first-order valence-electron chi connectivity index (χ1n) is 0.228. The Balaban J connectivity index is -0.00000000667. The average Bonchev–Trinajstić information content (AvgIpc) is 0.918. The Bertz CT molecular complexity index is 7.51. The Morgan fingerprint density at radius 2 is 1.00 bits per heavy atom. The maximum absolute atomic E-state index is 4.86. The van der Waals surface area contributed by atoms with Crippen LogP contribution < -0.4 is 0 Å². The van der Waals surface area contributed by atoms with Gasteiger partial charge in [-0.3, -0.25) is 0 Å². The van der Waals surface area contributed by atoms with E-state index in [0.717, 1.165) is 0 Å². The average molecular weight is 365 g/mol. The van der Waals surface area contributed by atoms with Gasteiger partial charge in [-0.15, -0.1) is 24.8 Å². The molecule has 0 fully saturated rings. The van der Waals surface area contributed by atoms with Crippen molar-refractivity contribution in [2.45, 2.75) is 0 Å². The van der Waals surface area contributed by atoms with Crippen molar-refractivity contribution in [2.24, 2.45) is 0 Å². The van der Waals surface area contributed by atoms with Crippen molar-refractivity contribution in [3.05, 3.63) is 0 Å². The summed E-state index contributed by atoms with van der Waals surface area (Å²) in [5.74, 6) is 0. The van der Waals surface area contributed by atoms with Gasteiger partial charge in [0.2, 0.25) is 0 Å². The summed E-state index contributed by atoms with van der Waals surface area (Å²) in [4.78, 5) is 0. The van der Waals surface area contributed by atoms with E-state index in [1.165, 1.54) is 0 Å². The van der Waals surface area contributed by atoms with Crippen molar-refractivity contribution in [1.82, 2.24) is 0 Å². The Hall–Kier alpha value is 2.90. The molecule has 0 aliphatic heterocycles. The molecule has 0 unspecified atom stereocenters. The third-order valence-corrected chi connectivity index (χ3v) is 0. The molecule has 6 heavy (non-hydrogen) atoms. The zero-order valence-corrected chi connectivity index (χ0v) is 7.19. The van der Waals surface area contributed by atoms with Crippen molar-refractivity contribution >= 4 is 72.8 Å². The van der Waals surface area contributed by atoms with Crippen molar-refractivity contribution < 1.29 is 17.6 Å². The number of hydrogen-bond acceptors (Lipinski definition) is 0. The third-order valence-electron chi connectivity index (χ3n) is 0. The molecule has 6 heteroatoms. The predicted octanol–water partition coefficient (Wildman–Crippen LogP) is 1.57. The topological polar surface area (TPSA) is 0 Å². The Morgan fingerprint density at radius 3 is 1.00 bits per heavy atom. The quantitative estimate of drug-likeness (QED) is 0.572. The van der Waals surface area contributed by atoms with Gasteiger partial charge in [-0.2, -0.15) is 0 Å². The zero-order chi connectivity index (χ0) is 2.71. The second kappa shape index (κ2) is 24.7. The summed E-state index contributed by atoms with van der Waals surface area (Å²) < 4.78 is 0. The van der Waals surface area contributed by atoms with E-state index in [1.807, 2.05) is 0 Å². The van der Waals surface area contributed by atoms with E-state index >= 15 is 0 Å². The molecule has 0 nitrogen and oxygen atoms in total. The van der Waals surface area contributed by atoms with Gasteiger partial charge in [0.15, 0.2) is 0 Å². The van der Waals surface area contributed by atoms with Gasteiger partial charge in [-0.1, -0.05) is 0 Å². The van der Waals surface area contributed by atoms with Crippen LogP contribution in [0.3, 0.4) is 0 Å². The van der Waals surface area contributed by atoms with E-state index in [2.05, 4.69) is 0 Å². The van der Waals surface area contributed by atoms with Crippen LogP contribution in [0.15, 0.2) is 0 Å². The molecule has 0 aromatic carbocycles. The van der Waals surface area contributed by atoms with Crippen LogP contribution in [0.4, 0.5) is 0 Å². The molecule has 0 spiro atoms. The van der Waals surface area contributed by atoms with Crippen LogP contribution in [0.1, 0.15) is 0 Å². The standard InChI is InChI=1S/Au.4ClH.Na.H/h;4*1H;;/q+2;;;;;;/p-2. The van der Waals surface area contributed by atoms with Gasteiger partial charge < -0.3 is 0 Å². The molecule has 0 bridgehead atoms. The van der Waals surface area contributed by atoms with E-state index in [0.29, 0.717) is 0 Å². The summed E-state index contributed by atoms with van der Waals surface area (Å²) in [6.07, 6.45) is 0. The summed E-state index contributed by atoms with van der Waals surface area (Å²) in [6.45, 7) is 0. The molecule has 43 valence electrons. The number of halogens is 4. The molecule has 0 saturated heterocycles. The van der Waals surface area contributed by atoms with Gasteiger partial charge in [-0.25, -0.2) is 0 Å². The third kappa shape index (κ3) is 28.6. The second-order valence-corrected chi connectivity index (χ2v) is 3.17. The number of rotatable bonds is 0. The van der Waals surface area contributed by atoms with Crippen LogP contribution in [-0.2, 0) is 17.6 Å². The van der Waals surface area contributed by atoms with Gasteiger partial charge in [-0.05, 0) is 0 Å². The Labute approximate surface area is 88.8 Å². The van der Waals surface area contributed by atoms with E-state index in [4.69, 9.17) is 18.4 Å². The first-order valence-corrected chi connectivity index (χ1v) is 5.60. The van der Waals surface area contributed by atoms with Crippen LogP contribution in [0.5, 0.6) is 0 Å². The van der Waals surface area contributed by atoms with Gasteiger partial charge in [0, 0.05) is 0 Å². The minimum absolute atomic E-state index is 0. The molecule has 0 aromatic rings. The molecule has 0 atom stereocenters. The van der Waals surface area contributed by atoms with Crippen LogP contribution in [0, 0.1) is 0 Å². The predicted molar refractivity (Wildman–Crippen MR) is 33.4 cm³/mol. The molecular weight excluding hydrogens is 362 g/mol. The van der Waals surface area contributed by atoms with Crippen LogP contribution >= 0.6 is 43.2 Å². The van der Waals surface area contributed by atoms with Crippen LogP contribution in [0.2, 0.25) is 0 Å². The molecule has 0 radical (unpaired) electrons. The summed E-state index contributed by atoms with van der Waals surface area (Å²) in [5.41, 5.74) is 0. The summed E-state index contributed by atoms with van der Waals surface area (Å²) in [7, 11) is 9.72. The van der Waals surface area contributed by atoms with Crippen LogP contribution in [-0.4, -0.2) is 29.6 Å². The fraction of sp³-hybridized carbons (Fsp3) is 0. The molecule has 0 N–H and O–H groups in total. The molecule has 0 aliphatic carbocycles. The van der Waals surface area contributed by atoms with E-state index in [-0.39, 0.29) is 72.0 Å². The van der Waals surface area contributed by atoms with E-state index < -0.39 is 0 Å². The second-order valence-electron chi connectivity index (χ2n) is 0.0431. The Kier molecular flexibility index (Phi) is 95.3. The van der Waals surface area contributed by atoms with E-state index in [9.17, 15) is 0 Å². The van der Waals surface area contributed by atoms with Gasteiger partial charge in [0.05, 0.1) is 0 Å². The van der Waals surface area contributed by atoms with Gasteiger partial charge in [0.25, 0.3) is 0 Å². The first-order chi connectivity index (χ1) is 1.41. The fourth-order valence-electron chi connectivity index (χ4n) is 0. The molecule has 0 aliphatic rings. The van der Waals surface area contributed by atoms with Crippen molar-refractivity contribution in [1.29, 1.82) is 0 Å². The Morgan fingerprint density at radius 1 is 1.00 bits per heavy atom. The van der Waals surface area contributed by atoms with Crippen molar-refractivity contribution in [3.8, 4) is 0 Å². The molecule has 0 rings (SSSR count). The zero-order valence-electron chi connectivity index (χ0n) is 1.87. The summed E-state index contributed by atoms with van der Waals surface area (Å²) in [6, 6.07) is 0. The summed E-state index contributed by atoms with van der Waals surface area (Å²) in [5, 5.41) is 0.